The summed E-state index contributed by atoms with van der Waals surface area (Å²) in [4.78, 5) is 33.9. The van der Waals surface area contributed by atoms with E-state index >= 15 is 0 Å². The summed E-state index contributed by atoms with van der Waals surface area (Å²) in [5, 5.41) is 7.24. The molecule has 1 amide bonds. The fraction of sp³-hybridized carbons (Fsp3) is 0.158. The Morgan fingerprint density at radius 2 is 1.96 bits per heavy atom. The van der Waals surface area contributed by atoms with Gasteiger partial charge in [0.15, 0.2) is 5.82 Å². The first-order valence-electron chi connectivity index (χ1n) is 8.55. The molecule has 8 heteroatoms. The van der Waals surface area contributed by atoms with Crippen molar-refractivity contribution in [3.8, 4) is 5.82 Å². The van der Waals surface area contributed by atoms with Crippen molar-refractivity contribution >= 4 is 22.6 Å². The number of H-pyrrole nitrogens is 2. The second kappa shape index (κ2) is 6.56. The maximum atomic E-state index is 12.9. The molecule has 0 radical (unpaired) electrons. The van der Waals surface area contributed by atoms with E-state index in [1.165, 1.54) is 0 Å². The third-order valence-electron chi connectivity index (χ3n) is 4.24. The molecule has 0 bridgehead atoms. The van der Waals surface area contributed by atoms with Gasteiger partial charge in [-0.15, -0.1) is 0 Å². The molecule has 0 fully saturated rings. The predicted octanol–water partition coefficient (Wildman–Crippen LogP) is 2.81. The molecule has 27 heavy (non-hydrogen) atoms. The summed E-state index contributed by atoms with van der Waals surface area (Å²) in [6, 6.07) is 10.7. The van der Waals surface area contributed by atoms with Gasteiger partial charge in [0.05, 0.1) is 28.5 Å². The number of amides is 1. The van der Waals surface area contributed by atoms with Gasteiger partial charge < -0.3 is 15.3 Å². The molecule has 3 N–H and O–H groups in total. The van der Waals surface area contributed by atoms with Crippen LogP contribution in [-0.4, -0.2) is 30.6 Å². The smallest absolute Gasteiger partial charge is 0.322 e. The number of rotatable bonds is 4. The number of carbonyl (C=O) groups is 1. The number of benzene rings is 1. The first-order chi connectivity index (χ1) is 13.0. The number of hydrogen-bond acceptors (Lipinski definition) is 4. The Balaban J connectivity index is 1.68. The molecular weight excluding hydrogens is 344 g/mol. The summed E-state index contributed by atoms with van der Waals surface area (Å²) in [7, 11) is 0. The number of anilines is 1. The topological polar surface area (TPSA) is 108 Å². The number of imidazole rings is 1. The molecule has 4 aromatic rings. The predicted molar refractivity (Wildman–Crippen MR) is 102 cm³/mol. The van der Waals surface area contributed by atoms with Gasteiger partial charge in [0.2, 0.25) is 0 Å². The molecule has 0 saturated carbocycles. The minimum Gasteiger partial charge on any atom is -0.322 e. The fourth-order valence-electron chi connectivity index (χ4n) is 3.06. The van der Waals surface area contributed by atoms with Gasteiger partial charge in [-0.2, -0.15) is 5.10 Å². The van der Waals surface area contributed by atoms with Crippen molar-refractivity contribution in [2.24, 2.45) is 0 Å². The molecule has 0 aliphatic rings. The summed E-state index contributed by atoms with van der Waals surface area (Å²) in [5.74, 6) is 0.462. The van der Waals surface area contributed by atoms with Crippen LogP contribution < -0.4 is 11.0 Å². The van der Waals surface area contributed by atoms with Gasteiger partial charge in [0, 0.05) is 11.9 Å². The van der Waals surface area contributed by atoms with E-state index in [0.717, 1.165) is 5.69 Å². The van der Waals surface area contributed by atoms with E-state index in [1.807, 2.05) is 32.0 Å². The first kappa shape index (κ1) is 16.8. The zero-order chi connectivity index (χ0) is 19.0. The molecule has 136 valence electrons. The Bertz CT molecular complexity index is 1170. The van der Waals surface area contributed by atoms with Gasteiger partial charge in [0.1, 0.15) is 0 Å². The van der Waals surface area contributed by atoms with E-state index in [0.29, 0.717) is 28.1 Å². The van der Waals surface area contributed by atoms with Crippen LogP contribution in [0.2, 0.25) is 0 Å². The van der Waals surface area contributed by atoms with E-state index in [9.17, 15) is 9.59 Å². The molecule has 0 aliphatic carbocycles. The average Bonchev–Trinajstić information content (AvgIpc) is 3.25. The van der Waals surface area contributed by atoms with Crippen LogP contribution in [0.5, 0.6) is 0 Å². The van der Waals surface area contributed by atoms with Gasteiger partial charge >= 0.3 is 5.69 Å². The average molecular weight is 362 g/mol. The normalized spacial score (nSPS) is 11.2. The quantitative estimate of drug-likeness (QED) is 0.519. The van der Waals surface area contributed by atoms with Crippen LogP contribution in [0.15, 0.2) is 53.6 Å². The highest BCUT2D eigenvalue weighted by molar-refractivity contribution is 6.05. The van der Waals surface area contributed by atoms with Crippen LogP contribution in [0.3, 0.4) is 0 Å². The number of aromatic nitrogens is 5. The Kier molecular flexibility index (Phi) is 4.08. The van der Waals surface area contributed by atoms with Crippen LogP contribution in [-0.2, 0) is 0 Å². The standard InChI is InChI=1S/C19H18N6O2/c1-11(2)17-13(10-21-25(17)16-5-3-4-8-20-16)18(26)22-12-6-7-14-15(9-12)24-19(27)23-14/h3-11H,1-2H3,(H,22,26)(H2,23,24,27). The van der Waals surface area contributed by atoms with Crippen molar-refractivity contribution in [2.45, 2.75) is 19.8 Å². The van der Waals surface area contributed by atoms with Crippen LogP contribution in [0.25, 0.3) is 16.9 Å². The van der Waals surface area contributed by atoms with Crippen LogP contribution in [0, 0.1) is 0 Å². The lowest BCUT2D eigenvalue weighted by Crippen LogP contribution is -2.15. The summed E-state index contributed by atoms with van der Waals surface area (Å²) in [5.41, 5.74) is 2.88. The van der Waals surface area contributed by atoms with Crippen LogP contribution >= 0.6 is 0 Å². The lowest BCUT2D eigenvalue weighted by molar-refractivity contribution is 0.102. The molecule has 0 saturated heterocycles. The lowest BCUT2D eigenvalue weighted by Gasteiger charge is -2.12. The van der Waals surface area contributed by atoms with Gasteiger partial charge in [-0.1, -0.05) is 19.9 Å². The molecule has 0 aliphatic heterocycles. The van der Waals surface area contributed by atoms with E-state index in [2.05, 4.69) is 25.4 Å². The molecule has 3 aromatic heterocycles. The number of hydrogen-bond donors (Lipinski definition) is 3. The summed E-state index contributed by atoms with van der Waals surface area (Å²) >= 11 is 0. The second-order valence-corrected chi connectivity index (χ2v) is 6.49. The molecule has 0 atom stereocenters. The van der Waals surface area contributed by atoms with Crippen LogP contribution in [0.4, 0.5) is 5.69 Å². The van der Waals surface area contributed by atoms with E-state index in [-0.39, 0.29) is 17.5 Å². The zero-order valence-electron chi connectivity index (χ0n) is 14.9. The summed E-state index contributed by atoms with van der Waals surface area (Å²) in [6.45, 7) is 4.01. The molecule has 0 spiro atoms. The minimum absolute atomic E-state index is 0.0683. The molecule has 0 unspecified atom stereocenters. The third-order valence-corrected chi connectivity index (χ3v) is 4.24. The Morgan fingerprint density at radius 1 is 1.15 bits per heavy atom. The molecule has 4 rings (SSSR count). The highest BCUT2D eigenvalue weighted by Crippen LogP contribution is 2.23. The molecular formula is C19H18N6O2. The first-order valence-corrected chi connectivity index (χ1v) is 8.55. The zero-order valence-corrected chi connectivity index (χ0v) is 14.9. The number of fused-ring (bicyclic) bond motifs is 1. The van der Waals surface area contributed by atoms with Crippen molar-refractivity contribution in [1.82, 2.24) is 24.7 Å². The Morgan fingerprint density at radius 3 is 2.70 bits per heavy atom. The SMILES string of the molecule is CC(C)c1c(C(=O)Nc2ccc3[nH]c(=O)[nH]c3c2)cnn1-c1ccccn1. The van der Waals surface area contributed by atoms with E-state index in [4.69, 9.17) is 0 Å². The highest BCUT2D eigenvalue weighted by Gasteiger charge is 2.21. The second-order valence-electron chi connectivity index (χ2n) is 6.49. The van der Waals surface area contributed by atoms with E-state index < -0.39 is 0 Å². The maximum Gasteiger partial charge on any atom is 0.323 e. The molecule has 8 nitrogen and oxygen atoms in total. The van der Waals surface area contributed by atoms with Gasteiger partial charge in [-0.3, -0.25) is 4.79 Å². The Labute approximate surface area is 154 Å². The van der Waals surface area contributed by atoms with E-state index in [1.54, 1.807) is 35.3 Å². The summed E-state index contributed by atoms with van der Waals surface area (Å²) in [6.07, 6.45) is 3.24. The minimum atomic E-state index is -0.285. The third kappa shape index (κ3) is 3.12. The van der Waals surface area contributed by atoms with Crippen molar-refractivity contribution < 1.29 is 4.79 Å². The highest BCUT2D eigenvalue weighted by atomic mass is 16.2. The number of nitrogens with one attached hydrogen (secondary N) is 3. The number of nitrogens with zero attached hydrogens (tertiary/aromatic N) is 3. The largest absolute Gasteiger partial charge is 0.323 e. The number of carbonyl (C=O) groups excluding carboxylic acids is 1. The molecule has 3 heterocycles. The monoisotopic (exact) mass is 362 g/mol. The summed E-state index contributed by atoms with van der Waals surface area (Å²) < 4.78 is 1.69. The maximum absolute atomic E-state index is 12.9. The van der Waals surface area contributed by atoms with Crippen LogP contribution in [0.1, 0.15) is 35.8 Å². The Hall–Kier alpha value is -3.68. The lowest BCUT2D eigenvalue weighted by atomic mass is 10.1. The van der Waals surface area contributed by atoms with Crippen molar-refractivity contribution in [3.63, 3.8) is 0 Å². The number of pyridine rings is 1. The number of aromatic amines is 2. The van der Waals surface area contributed by atoms with Gasteiger partial charge in [-0.05, 0) is 36.2 Å². The van der Waals surface area contributed by atoms with Gasteiger partial charge in [0.25, 0.3) is 5.91 Å². The van der Waals surface area contributed by atoms with Crippen molar-refractivity contribution in [2.75, 3.05) is 5.32 Å². The molecule has 1 aromatic carbocycles. The fourth-order valence-corrected chi connectivity index (χ4v) is 3.06. The van der Waals surface area contributed by atoms with Gasteiger partial charge in [-0.25, -0.2) is 14.5 Å². The van der Waals surface area contributed by atoms with Crippen molar-refractivity contribution in [1.29, 1.82) is 0 Å². The van der Waals surface area contributed by atoms with Crippen molar-refractivity contribution in [3.05, 3.63) is 70.5 Å².